The summed E-state index contributed by atoms with van der Waals surface area (Å²) in [5.41, 5.74) is 1.83. The Labute approximate surface area is 187 Å². The van der Waals surface area contributed by atoms with Gasteiger partial charge >= 0.3 is 0 Å². The number of imide groups is 1. The van der Waals surface area contributed by atoms with Gasteiger partial charge in [-0.25, -0.2) is 0 Å². The molecule has 1 fully saturated rings. The first kappa shape index (κ1) is 20.0. The van der Waals surface area contributed by atoms with E-state index in [1.807, 2.05) is 67.6 Å². The molecule has 3 aromatic carbocycles. The maximum atomic E-state index is 12.9. The largest absolute Gasteiger partial charge is 0.493 e. The summed E-state index contributed by atoms with van der Waals surface area (Å²) in [6.45, 7) is 2.81. The van der Waals surface area contributed by atoms with E-state index in [1.165, 1.54) is 4.90 Å². The first-order chi connectivity index (χ1) is 14.1. The Hall–Kier alpha value is -2.32. The van der Waals surface area contributed by atoms with Gasteiger partial charge in [0.1, 0.15) is 5.75 Å². The van der Waals surface area contributed by atoms with Crippen LogP contribution in [0.3, 0.4) is 0 Å². The lowest BCUT2D eigenvalue weighted by atomic mass is 10.0. The number of ether oxygens (including phenoxy) is 1. The third kappa shape index (κ3) is 4.18. The molecule has 6 heteroatoms. The Morgan fingerprint density at radius 1 is 1.07 bits per heavy atom. The molecular weight excluding hydrogens is 497 g/mol. The van der Waals surface area contributed by atoms with Gasteiger partial charge in [-0.15, -0.1) is 0 Å². The number of thioether (sulfide) groups is 1. The normalized spacial score (nSPS) is 15.5. The smallest absolute Gasteiger partial charge is 0.293 e. The minimum Gasteiger partial charge on any atom is -0.493 e. The zero-order valence-corrected chi connectivity index (χ0v) is 18.7. The van der Waals surface area contributed by atoms with Gasteiger partial charge in [-0.1, -0.05) is 48.5 Å². The Bertz CT molecular complexity index is 1140. The molecule has 3 aromatic rings. The van der Waals surface area contributed by atoms with Crippen LogP contribution in [-0.2, 0) is 11.3 Å². The molecule has 0 aromatic heterocycles. The third-order valence-electron chi connectivity index (χ3n) is 4.64. The second-order valence-corrected chi connectivity index (χ2v) is 8.68. The van der Waals surface area contributed by atoms with Crippen molar-refractivity contribution < 1.29 is 14.3 Å². The summed E-state index contributed by atoms with van der Waals surface area (Å²) in [6.07, 6.45) is 1.77. The van der Waals surface area contributed by atoms with Crippen molar-refractivity contribution in [2.75, 3.05) is 6.61 Å². The number of amides is 2. The van der Waals surface area contributed by atoms with Gasteiger partial charge in [0.05, 0.1) is 21.6 Å². The van der Waals surface area contributed by atoms with Crippen molar-refractivity contribution in [1.29, 1.82) is 0 Å². The van der Waals surface area contributed by atoms with Crippen molar-refractivity contribution in [2.24, 2.45) is 0 Å². The Morgan fingerprint density at radius 3 is 2.66 bits per heavy atom. The average Bonchev–Trinajstić information content (AvgIpc) is 2.98. The molecule has 0 bridgehead atoms. The summed E-state index contributed by atoms with van der Waals surface area (Å²) < 4.78 is 6.52. The molecule has 4 rings (SSSR count). The van der Waals surface area contributed by atoms with Gasteiger partial charge in [0.25, 0.3) is 11.1 Å². The molecule has 1 saturated heterocycles. The van der Waals surface area contributed by atoms with Crippen molar-refractivity contribution in [2.45, 2.75) is 13.5 Å². The minimum atomic E-state index is -0.253. The highest BCUT2D eigenvalue weighted by atomic mass is 127. The number of rotatable bonds is 5. The quantitative estimate of drug-likeness (QED) is 0.305. The predicted octanol–water partition coefficient (Wildman–Crippen LogP) is 6.08. The summed E-state index contributed by atoms with van der Waals surface area (Å²) in [5, 5.41) is 1.91. The number of hydrogen-bond acceptors (Lipinski definition) is 4. The molecule has 0 unspecified atom stereocenters. The number of benzene rings is 3. The van der Waals surface area contributed by atoms with Crippen LogP contribution in [0.2, 0.25) is 0 Å². The van der Waals surface area contributed by atoms with Crippen LogP contribution in [0.25, 0.3) is 16.8 Å². The summed E-state index contributed by atoms with van der Waals surface area (Å²) >= 11 is 3.20. The standard InChI is InChI=1S/C23H18INO3S/c1-2-28-20-11-10-15(12-19(20)24)13-21-22(26)25(23(27)29-21)14-17-8-5-7-16-6-3-4-9-18(16)17/h3-13H,2,14H2,1H3/b21-13+. The van der Waals surface area contributed by atoms with E-state index in [9.17, 15) is 9.59 Å². The van der Waals surface area contributed by atoms with Crippen LogP contribution in [0.4, 0.5) is 4.79 Å². The van der Waals surface area contributed by atoms with Crippen LogP contribution in [-0.4, -0.2) is 22.7 Å². The van der Waals surface area contributed by atoms with Crippen molar-refractivity contribution in [3.05, 3.63) is 80.3 Å². The fourth-order valence-corrected chi connectivity index (χ4v) is 4.80. The average molecular weight is 515 g/mol. The number of carbonyl (C=O) groups excluding carboxylic acids is 2. The zero-order valence-electron chi connectivity index (χ0n) is 15.7. The number of halogens is 1. The van der Waals surface area contributed by atoms with Crippen LogP contribution >= 0.6 is 34.4 Å². The molecule has 0 atom stereocenters. The van der Waals surface area contributed by atoms with Gasteiger partial charge in [0.15, 0.2) is 0 Å². The van der Waals surface area contributed by atoms with E-state index in [-0.39, 0.29) is 17.7 Å². The van der Waals surface area contributed by atoms with Gasteiger partial charge in [-0.2, -0.15) is 0 Å². The van der Waals surface area contributed by atoms with Crippen molar-refractivity contribution in [1.82, 2.24) is 4.90 Å². The fraction of sp³-hybridized carbons (Fsp3) is 0.130. The van der Waals surface area contributed by atoms with Gasteiger partial charge in [0, 0.05) is 0 Å². The van der Waals surface area contributed by atoms with Gasteiger partial charge < -0.3 is 4.74 Å². The molecule has 0 N–H and O–H groups in total. The van der Waals surface area contributed by atoms with E-state index in [0.29, 0.717) is 11.5 Å². The first-order valence-corrected chi connectivity index (χ1v) is 11.1. The molecule has 0 aliphatic carbocycles. The van der Waals surface area contributed by atoms with E-state index in [2.05, 4.69) is 22.6 Å². The molecule has 1 heterocycles. The predicted molar refractivity (Wildman–Crippen MR) is 126 cm³/mol. The highest BCUT2D eigenvalue weighted by Crippen LogP contribution is 2.35. The number of hydrogen-bond donors (Lipinski definition) is 0. The monoisotopic (exact) mass is 515 g/mol. The van der Waals surface area contributed by atoms with Crippen molar-refractivity contribution >= 4 is 62.3 Å². The molecular formula is C23H18INO3S. The van der Waals surface area contributed by atoms with Crippen LogP contribution < -0.4 is 4.74 Å². The molecule has 0 radical (unpaired) electrons. The van der Waals surface area contributed by atoms with Crippen LogP contribution in [0, 0.1) is 3.57 Å². The van der Waals surface area contributed by atoms with E-state index in [0.717, 1.165) is 43.0 Å². The lowest BCUT2D eigenvalue weighted by molar-refractivity contribution is -0.123. The molecule has 29 heavy (non-hydrogen) atoms. The summed E-state index contributed by atoms with van der Waals surface area (Å²) in [4.78, 5) is 27.2. The highest BCUT2D eigenvalue weighted by molar-refractivity contribution is 14.1. The van der Waals surface area contributed by atoms with Crippen molar-refractivity contribution in [3.63, 3.8) is 0 Å². The topological polar surface area (TPSA) is 46.6 Å². The lowest BCUT2D eigenvalue weighted by Crippen LogP contribution is -2.27. The summed E-state index contributed by atoms with van der Waals surface area (Å²) in [6, 6.07) is 19.7. The fourth-order valence-electron chi connectivity index (χ4n) is 3.27. The molecule has 1 aliphatic heterocycles. The van der Waals surface area contributed by atoms with Crippen LogP contribution in [0.5, 0.6) is 5.75 Å². The maximum Gasteiger partial charge on any atom is 0.293 e. The van der Waals surface area contributed by atoms with Crippen molar-refractivity contribution in [3.8, 4) is 5.75 Å². The SMILES string of the molecule is CCOc1ccc(/C=C2/SC(=O)N(Cc3cccc4ccccc34)C2=O)cc1I. The van der Waals surface area contributed by atoms with Crippen LogP contribution in [0.1, 0.15) is 18.1 Å². The lowest BCUT2D eigenvalue weighted by Gasteiger charge is -2.14. The Kier molecular flexibility index (Phi) is 5.91. The van der Waals surface area contributed by atoms with E-state index < -0.39 is 0 Å². The summed E-state index contributed by atoms with van der Waals surface area (Å²) in [7, 11) is 0. The minimum absolute atomic E-state index is 0.241. The highest BCUT2D eigenvalue weighted by Gasteiger charge is 2.35. The second-order valence-electron chi connectivity index (χ2n) is 6.53. The number of carbonyl (C=O) groups is 2. The van der Waals surface area contributed by atoms with E-state index >= 15 is 0 Å². The number of fused-ring (bicyclic) bond motifs is 1. The van der Waals surface area contributed by atoms with Gasteiger partial charge in [0.2, 0.25) is 0 Å². The second kappa shape index (κ2) is 8.59. The molecule has 0 saturated carbocycles. The Balaban J connectivity index is 1.59. The number of nitrogens with zero attached hydrogens (tertiary/aromatic N) is 1. The summed E-state index contributed by atoms with van der Waals surface area (Å²) in [5.74, 6) is 0.561. The third-order valence-corrected chi connectivity index (χ3v) is 6.39. The van der Waals surface area contributed by atoms with Crippen LogP contribution in [0.15, 0.2) is 65.6 Å². The first-order valence-electron chi connectivity index (χ1n) is 9.21. The van der Waals surface area contributed by atoms with E-state index in [1.54, 1.807) is 6.08 Å². The zero-order chi connectivity index (χ0) is 20.4. The Morgan fingerprint density at radius 2 is 1.86 bits per heavy atom. The van der Waals surface area contributed by atoms with Gasteiger partial charge in [-0.3, -0.25) is 14.5 Å². The molecule has 2 amide bonds. The van der Waals surface area contributed by atoms with Gasteiger partial charge in [-0.05, 0) is 81.4 Å². The van der Waals surface area contributed by atoms with E-state index in [4.69, 9.17) is 4.74 Å². The maximum absolute atomic E-state index is 12.9. The molecule has 0 spiro atoms. The molecule has 1 aliphatic rings. The molecule has 4 nitrogen and oxygen atoms in total. The molecule has 146 valence electrons.